The third-order valence-electron chi connectivity index (χ3n) is 4.50. The Hall–Kier alpha value is -2.62. The highest BCUT2D eigenvalue weighted by Crippen LogP contribution is 2.39. The van der Waals surface area contributed by atoms with Gasteiger partial charge in [-0.25, -0.2) is 4.79 Å². The van der Waals surface area contributed by atoms with E-state index in [0.29, 0.717) is 17.1 Å². The first-order valence-corrected chi connectivity index (χ1v) is 7.74. The number of ether oxygens (including phenoxy) is 1. The van der Waals surface area contributed by atoms with Crippen molar-refractivity contribution in [3.05, 3.63) is 58.4 Å². The molecule has 0 amide bonds. The van der Waals surface area contributed by atoms with Gasteiger partial charge in [-0.15, -0.1) is 0 Å². The van der Waals surface area contributed by atoms with Gasteiger partial charge in [-0.3, -0.25) is 4.79 Å². The molecule has 0 unspecified atom stereocenters. The lowest BCUT2D eigenvalue weighted by molar-refractivity contribution is -0.146. The quantitative estimate of drug-likeness (QED) is 0.421. The molecule has 4 heteroatoms. The molecule has 0 aliphatic heterocycles. The molecule has 2 atom stereocenters. The second-order valence-electron chi connectivity index (χ2n) is 6.18. The maximum absolute atomic E-state index is 11.9. The minimum absolute atomic E-state index is 0.0122. The Morgan fingerprint density at radius 2 is 2.04 bits per heavy atom. The molecule has 2 aromatic carbocycles. The summed E-state index contributed by atoms with van der Waals surface area (Å²) < 4.78 is 10.7. The molecule has 4 rings (SSSR count). The molecule has 1 aromatic heterocycles. The van der Waals surface area contributed by atoms with Crippen LogP contribution in [0.1, 0.15) is 18.9 Å². The van der Waals surface area contributed by atoms with Gasteiger partial charge >= 0.3 is 11.6 Å². The van der Waals surface area contributed by atoms with Crippen LogP contribution in [0.15, 0.2) is 51.7 Å². The molecule has 4 nitrogen and oxygen atoms in total. The predicted molar refractivity (Wildman–Crippen MR) is 87.1 cm³/mol. The largest absolute Gasteiger partial charge is 0.461 e. The van der Waals surface area contributed by atoms with Gasteiger partial charge in [-0.2, -0.15) is 0 Å². The topological polar surface area (TPSA) is 56.5 Å². The molecule has 3 aromatic rings. The fourth-order valence-corrected chi connectivity index (χ4v) is 3.04. The summed E-state index contributed by atoms with van der Waals surface area (Å²) in [5, 5.41) is 2.87. The molecule has 0 saturated heterocycles. The van der Waals surface area contributed by atoms with Crippen molar-refractivity contribution in [2.24, 2.45) is 11.8 Å². The van der Waals surface area contributed by atoms with E-state index in [-0.39, 0.29) is 18.5 Å². The summed E-state index contributed by atoms with van der Waals surface area (Å²) in [6, 6.07) is 13.0. The van der Waals surface area contributed by atoms with E-state index < -0.39 is 5.63 Å². The number of carbonyl (C=O) groups is 1. The molecule has 0 radical (unpaired) electrons. The average molecular weight is 308 g/mol. The van der Waals surface area contributed by atoms with E-state index in [1.165, 1.54) is 6.07 Å². The molecular formula is C19H16O4. The molecule has 0 spiro atoms. The third-order valence-corrected chi connectivity index (χ3v) is 4.50. The van der Waals surface area contributed by atoms with Crippen LogP contribution >= 0.6 is 0 Å². The Balaban J connectivity index is 1.79. The zero-order valence-electron chi connectivity index (χ0n) is 12.7. The van der Waals surface area contributed by atoms with Gasteiger partial charge in [0.25, 0.3) is 0 Å². The predicted octanol–water partition coefficient (Wildman–Crippen LogP) is 3.65. The second kappa shape index (κ2) is 5.23. The van der Waals surface area contributed by atoms with Crippen molar-refractivity contribution in [3.8, 4) is 0 Å². The molecule has 1 fully saturated rings. The van der Waals surface area contributed by atoms with Crippen molar-refractivity contribution < 1.29 is 13.9 Å². The summed E-state index contributed by atoms with van der Waals surface area (Å²) in [4.78, 5) is 23.7. The zero-order chi connectivity index (χ0) is 16.0. The van der Waals surface area contributed by atoms with Gasteiger partial charge in [0.2, 0.25) is 0 Å². The summed E-state index contributed by atoms with van der Waals surface area (Å²) in [6.07, 6.45) is 0.888. The lowest BCUT2D eigenvalue weighted by Crippen LogP contribution is -2.09. The van der Waals surface area contributed by atoms with Crippen molar-refractivity contribution in [2.45, 2.75) is 20.0 Å². The average Bonchev–Trinajstić information content (AvgIpc) is 3.28. The number of hydrogen-bond donors (Lipinski definition) is 0. The van der Waals surface area contributed by atoms with E-state index in [4.69, 9.17) is 9.15 Å². The summed E-state index contributed by atoms with van der Waals surface area (Å²) in [5.41, 5.74) is 0.773. The Bertz CT molecular complexity index is 970. The SMILES string of the molecule is C[C@@H]1C[C@@H]1C(=O)OCc1cc(=O)oc2ccc3ccccc3c12. The number of rotatable bonds is 3. The first kappa shape index (κ1) is 14.0. The minimum atomic E-state index is -0.432. The fraction of sp³-hybridized carbons (Fsp3) is 0.263. The normalized spacial score (nSPS) is 19.9. The van der Waals surface area contributed by atoms with Crippen LogP contribution < -0.4 is 5.63 Å². The van der Waals surface area contributed by atoms with Crippen LogP contribution in [-0.2, 0) is 16.1 Å². The summed E-state index contributed by atoms with van der Waals surface area (Å²) in [6.45, 7) is 2.13. The Morgan fingerprint density at radius 1 is 1.26 bits per heavy atom. The maximum Gasteiger partial charge on any atom is 0.336 e. The molecule has 0 bridgehead atoms. The number of carbonyl (C=O) groups excluding carboxylic acids is 1. The van der Waals surface area contributed by atoms with Crippen LogP contribution in [-0.4, -0.2) is 5.97 Å². The summed E-state index contributed by atoms with van der Waals surface area (Å²) >= 11 is 0. The summed E-state index contributed by atoms with van der Waals surface area (Å²) in [5.74, 6) is 0.234. The Labute approximate surface area is 132 Å². The van der Waals surface area contributed by atoms with Crippen LogP contribution in [0.4, 0.5) is 0 Å². The molecule has 23 heavy (non-hydrogen) atoms. The molecule has 116 valence electrons. The Morgan fingerprint density at radius 3 is 2.83 bits per heavy atom. The smallest absolute Gasteiger partial charge is 0.336 e. The van der Waals surface area contributed by atoms with Crippen LogP contribution in [0.5, 0.6) is 0 Å². The van der Waals surface area contributed by atoms with E-state index in [1.54, 1.807) is 6.07 Å². The van der Waals surface area contributed by atoms with Crippen LogP contribution in [0.3, 0.4) is 0 Å². The molecular weight excluding hydrogens is 292 g/mol. The van der Waals surface area contributed by atoms with E-state index in [0.717, 1.165) is 22.6 Å². The Kier molecular flexibility index (Phi) is 3.18. The highest BCUT2D eigenvalue weighted by Gasteiger charge is 2.40. The third kappa shape index (κ3) is 2.50. The monoisotopic (exact) mass is 308 g/mol. The molecule has 0 N–H and O–H groups in total. The van der Waals surface area contributed by atoms with Crippen LogP contribution in [0.2, 0.25) is 0 Å². The van der Waals surface area contributed by atoms with E-state index in [9.17, 15) is 9.59 Å². The van der Waals surface area contributed by atoms with Crippen molar-refractivity contribution in [2.75, 3.05) is 0 Å². The molecule has 1 aliphatic carbocycles. The lowest BCUT2D eigenvalue weighted by Gasteiger charge is -2.09. The van der Waals surface area contributed by atoms with Gasteiger partial charge in [-0.05, 0) is 29.2 Å². The second-order valence-corrected chi connectivity index (χ2v) is 6.18. The highest BCUT2D eigenvalue weighted by molar-refractivity contribution is 6.07. The van der Waals surface area contributed by atoms with Crippen LogP contribution in [0, 0.1) is 11.8 Å². The van der Waals surface area contributed by atoms with Crippen molar-refractivity contribution in [1.82, 2.24) is 0 Å². The summed E-state index contributed by atoms with van der Waals surface area (Å²) in [7, 11) is 0. The van der Waals surface area contributed by atoms with Gasteiger partial charge in [0, 0.05) is 17.0 Å². The van der Waals surface area contributed by atoms with Gasteiger partial charge in [-0.1, -0.05) is 37.3 Å². The first-order chi connectivity index (χ1) is 11.1. The van der Waals surface area contributed by atoms with Gasteiger partial charge < -0.3 is 9.15 Å². The fourth-order valence-electron chi connectivity index (χ4n) is 3.04. The van der Waals surface area contributed by atoms with E-state index in [1.807, 2.05) is 37.3 Å². The van der Waals surface area contributed by atoms with E-state index in [2.05, 4.69) is 0 Å². The number of fused-ring (bicyclic) bond motifs is 3. The van der Waals surface area contributed by atoms with Gasteiger partial charge in [0.1, 0.15) is 12.2 Å². The van der Waals surface area contributed by atoms with Crippen molar-refractivity contribution >= 4 is 27.7 Å². The van der Waals surface area contributed by atoms with Crippen molar-refractivity contribution in [3.63, 3.8) is 0 Å². The van der Waals surface area contributed by atoms with Gasteiger partial charge in [0.15, 0.2) is 0 Å². The number of hydrogen-bond acceptors (Lipinski definition) is 4. The number of esters is 1. The number of benzene rings is 2. The van der Waals surface area contributed by atoms with Gasteiger partial charge in [0.05, 0.1) is 5.92 Å². The maximum atomic E-state index is 11.9. The lowest BCUT2D eigenvalue weighted by atomic mass is 10.0. The van der Waals surface area contributed by atoms with Crippen LogP contribution in [0.25, 0.3) is 21.7 Å². The minimum Gasteiger partial charge on any atom is -0.461 e. The molecule has 1 saturated carbocycles. The van der Waals surface area contributed by atoms with Crippen molar-refractivity contribution in [1.29, 1.82) is 0 Å². The standard InChI is InChI=1S/C19H16O4/c1-11-8-15(11)19(21)22-10-13-9-17(20)23-16-7-6-12-4-2-3-5-14(12)18(13)16/h2-7,9,11,15H,8,10H2,1H3/t11-,15+/m1/s1. The molecule has 1 heterocycles. The highest BCUT2D eigenvalue weighted by atomic mass is 16.5. The zero-order valence-corrected chi connectivity index (χ0v) is 12.7. The molecule has 1 aliphatic rings. The first-order valence-electron chi connectivity index (χ1n) is 7.74. The van der Waals surface area contributed by atoms with E-state index >= 15 is 0 Å².